The largest absolute Gasteiger partial charge is 0.493 e. The van der Waals surface area contributed by atoms with Crippen molar-refractivity contribution in [1.29, 1.82) is 0 Å². The minimum Gasteiger partial charge on any atom is -0.493 e. The predicted octanol–water partition coefficient (Wildman–Crippen LogP) is 7.14. The third-order valence-corrected chi connectivity index (χ3v) is 9.20. The summed E-state index contributed by atoms with van der Waals surface area (Å²) in [4.78, 5) is 39.3. The fourth-order valence-corrected chi connectivity index (χ4v) is 6.42. The van der Waals surface area contributed by atoms with Gasteiger partial charge in [0.15, 0.2) is 0 Å². The van der Waals surface area contributed by atoms with Crippen molar-refractivity contribution in [3.8, 4) is 11.5 Å². The molecular weight excluding hydrogens is 582 g/mol. The number of ether oxygens (including phenoxy) is 4. The molecule has 1 amide bonds. The van der Waals surface area contributed by atoms with E-state index in [-0.39, 0.29) is 23.4 Å². The Morgan fingerprint density at radius 1 is 0.761 bits per heavy atom. The van der Waals surface area contributed by atoms with Gasteiger partial charge in [-0.05, 0) is 91.5 Å². The molecule has 0 N–H and O–H groups in total. The molecule has 1 aliphatic heterocycles. The Morgan fingerprint density at radius 3 is 2.13 bits per heavy atom. The van der Waals surface area contributed by atoms with Crippen LogP contribution < -0.4 is 9.47 Å². The van der Waals surface area contributed by atoms with Crippen molar-refractivity contribution >= 4 is 17.8 Å². The summed E-state index contributed by atoms with van der Waals surface area (Å²) in [7, 11) is 2.68. The van der Waals surface area contributed by atoms with E-state index >= 15 is 0 Å². The van der Waals surface area contributed by atoms with Crippen molar-refractivity contribution in [1.82, 2.24) is 4.90 Å². The highest BCUT2D eigenvalue weighted by Gasteiger charge is 2.30. The van der Waals surface area contributed by atoms with Crippen LogP contribution in [0.15, 0.2) is 66.7 Å². The number of carbonyl (C=O) groups excluding carboxylic acids is 3. The summed E-state index contributed by atoms with van der Waals surface area (Å²) in [6.07, 6.45) is 9.26. The summed E-state index contributed by atoms with van der Waals surface area (Å²) in [6.45, 7) is 1.79. The van der Waals surface area contributed by atoms with Gasteiger partial charge in [-0.25, -0.2) is 4.79 Å². The quantitative estimate of drug-likeness (QED) is 0.156. The van der Waals surface area contributed by atoms with Gasteiger partial charge in [0.25, 0.3) is 5.91 Å². The molecule has 0 atom stereocenters. The van der Waals surface area contributed by atoms with E-state index in [2.05, 4.69) is 36.4 Å². The molecule has 3 aromatic rings. The number of carbonyl (C=O) groups is 3. The number of methoxy groups -OCH3 is 2. The van der Waals surface area contributed by atoms with Crippen LogP contribution >= 0.6 is 0 Å². The highest BCUT2D eigenvalue weighted by Crippen LogP contribution is 2.33. The molecule has 3 aromatic carbocycles. The Kier molecular flexibility index (Phi) is 11.7. The van der Waals surface area contributed by atoms with Crippen LogP contribution in [0, 0.1) is 5.92 Å². The lowest BCUT2D eigenvalue weighted by atomic mass is 9.84. The predicted molar refractivity (Wildman–Crippen MR) is 175 cm³/mol. The Labute approximate surface area is 272 Å². The Morgan fingerprint density at radius 2 is 1.46 bits per heavy atom. The van der Waals surface area contributed by atoms with Crippen LogP contribution in [0.1, 0.15) is 94.7 Å². The lowest BCUT2D eigenvalue weighted by Crippen LogP contribution is -2.40. The summed E-state index contributed by atoms with van der Waals surface area (Å²) >= 11 is 0. The number of benzene rings is 3. The maximum Gasteiger partial charge on any atom is 0.337 e. The summed E-state index contributed by atoms with van der Waals surface area (Å²) in [5.74, 6) is 0.742. The van der Waals surface area contributed by atoms with Crippen LogP contribution in [0.2, 0.25) is 0 Å². The molecular formula is C38H45NO7. The number of piperidine rings is 1. The minimum absolute atomic E-state index is 0.213. The van der Waals surface area contributed by atoms with Crippen LogP contribution in [0.4, 0.5) is 0 Å². The summed E-state index contributed by atoms with van der Waals surface area (Å²) < 4.78 is 21.8. The summed E-state index contributed by atoms with van der Waals surface area (Å²) in [5.41, 5.74) is 4.38. The second-order valence-electron chi connectivity index (χ2n) is 12.3. The first kappa shape index (κ1) is 33.0. The van der Waals surface area contributed by atoms with E-state index in [4.69, 9.17) is 18.9 Å². The molecule has 46 heavy (non-hydrogen) atoms. The minimum atomic E-state index is -0.523. The Bertz CT molecular complexity index is 1450. The lowest BCUT2D eigenvalue weighted by molar-refractivity contribution is -0.146. The standard InChI is InChI=1S/C38H45NO7/c1-43-37(41)31-20-22-39(23-21-31)36(40)34-25-32(38(42)44-2)16-19-35(34)45-24-6-7-27-12-17-33(18-13-27)46-26-28-10-14-30(15-11-28)29-8-4-3-5-9-29/h10-19,25,29,31H,3-9,20-24,26H2,1-2H3. The molecule has 8 nitrogen and oxygen atoms in total. The number of likely N-dealkylation sites (tertiary alicyclic amines) is 1. The molecule has 8 heteroatoms. The zero-order chi connectivity index (χ0) is 32.3. The van der Waals surface area contributed by atoms with Gasteiger partial charge in [0.05, 0.1) is 37.9 Å². The van der Waals surface area contributed by atoms with Crippen molar-refractivity contribution in [3.05, 3.63) is 94.5 Å². The number of rotatable bonds is 12. The first-order valence-electron chi connectivity index (χ1n) is 16.5. The molecule has 0 bridgehead atoms. The molecule has 244 valence electrons. The number of nitrogens with zero attached hydrogens (tertiary/aromatic N) is 1. The zero-order valence-electron chi connectivity index (χ0n) is 27.0. The first-order chi connectivity index (χ1) is 22.4. The molecule has 2 fully saturated rings. The smallest absolute Gasteiger partial charge is 0.337 e. The van der Waals surface area contributed by atoms with Gasteiger partial charge >= 0.3 is 11.9 Å². The van der Waals surface area contributed by atoms with E-state index in [1.807, 2.05) is 12.1 Å². The SMILES string of the molecule is COC(=O)c1ccc(OCCCc2ccc(OCc3ccc(C4CCCCC4)cc3)cc2)c(C(=O)N2CCC(C(=O)OC)CC2)c1. The molecule has 1 aliphatic carbocycles. The number of esters is 2. The lowest BCUT2D eigenvalue weighted by Gasteiger charge is -2.31. The normalized spacial score (nSPS) is 15.7. The maximum atomic E-state index is 13.5. The average Bonchev–Trinajstić information content (AvgIpc) is 3.12. The van der Waals surface area contributed by atoms with Gasteiger partial charge in [-0.15, -0.1) is 0 Å². The molecule has 1 heterocycles. The monoisotopic (exact) mass is 627 g/mol. The topological polar surface area (TPSA) is 91.4 Å². The number of aryl methyl sites for hydroxylation is 1. The molecule has 1 saturated heterocycles. The highest BCUT2D eigenvalue weighted by atomic mass is 16.5. The van der Waals surface area contributed by atoms with Crippen LogP contribution in [-0.2, 0) is 27.3 Å². The molecule has 1 saturated carbocycles. The van der Waals surface area contributed by atoms with Crippen molar-refractivity contribution in [2.24, 2.45) is 5.92 Å². The molecule has 2 aliphatic rings. The van der Waals surface area contributed by atoms with Crippen molar-refractivity contribution in [2.75, 3.05) is 33.9 Å². The van der Waals surface area contributed by atoms with E-state index in [1.54, 1.807) is 17.0 Å². The van der Waals surface area contributed by atoms with E-state index in [0.717, 1.165) is 18.6 Å². The van der Waals surface area contributed by atoms with Crippen molar-refractivity contribution in [3.63, 3.8) is 0 Å². The van der Waals surface area contributed by atoms with E-state index in [9.17, 15) is 14.4 Å². The number of hydrogen-bond acceptors (Lipinski definition) is 7. The maximum absolute atomic E-state index is 13.5. The highest BCUT2D eigenvalue weighted by molar-refractivity contribution is 6.00. The molecule has 0 unspecified atom stereocenters. The van der Waals surface area contributed by atoms with Gasteiger partial charge in [0.1, 0.15) is 18.1 Å². The Balaban J connectivity index is 1.11. The third-order valence-electron chi connectivity index (χ3n) is 9.20. The Hall–Kier alpha value is -4.33. The van der Waals surface area contributed by atoms with Crippen LogP contribution in [-0.4, -0.2) is 56.7 Å². The second kappa shape index (κ2) is 16.3. The summed E-state index contributed by atoms with van der Waals surface area (Å²) in [5, 5.41) is 0. The molecule has 0 aromatic heterocycles. The zero-order valence-corrected chi connectivity index (χ0v) is 27.0. The van der Waals surface area contributed by atoms with E-state index in [0.29, 0.717) is 56.4 Å². The van der Waals surface area contributed by atoms with Gasteiger partial charge in [0.2, 0.25) is 0 Å². The van der Waals surface area contributed by atoms with Gasteiger partial charge in [-0.3, -0.25) is 9.59 Å². The average molecular weight is 628 g/mol. The van der Waals surface area contributed by atoms with Gasteiger partial charge in [-0.2, -0.15) is 0 Å². The molecule has 5 rings (SSSR count). The van der Waals surface area contributed by atoms with E-state index < -0.39 is 5.97 Å². The van der Waals surface area contributed by atoms with Gasteiger partial charge in [-0.1, -0.05) is 55.7 Å². The van der Waals surface area contributed by atoms with Crippen LogP contribution in [0.25, 0.3) is 0 Å². The van der Waals surface area contributed by atoms with Gasteiger partial charge < -0.3 is 23.8 Å². The van der Waals surface area contributed by atoms with E-state index in [1.165, 1.54) is 69.1 Å². The van der Waals surface area contributed by atoms with Gasteiger partial charge in [0, 0.05) is 13.1 Å². The second-order valence-corrected chi connectivity index (χ2v) is 12.3. The fraction of sp³-hybridized carbons (Fsp3) is 0.447. The molecule has 0 spiro atoms. The number of hydrogen-bond donors (Lipinski definition) is 0. The van der Waals surface area contributed by atoms with Crippen LogP contribution in [0.5, 0.6) is 11.5 Å². The van der Waals surface area contributed by atoms with Crippen molar-refractivity contribution in [2.45, 2.75) is 70.3 Å². The molecule has 0 radical (unpaired) electrons. The van der Waals surface area contributed by atoms with Crippen molar-refractivity contribution < 1.29 is 33.3 Å². The van der Waals surface area contributed by atoms with Crippen LogP contribution in [0.3, 0.4) is 0 Å². The first-order valence-corrected chi connectivity index (χ1v) is 16.5. The fourth-order valence-electron chi connectivity index (χ4n) is 6.42. The third kappa shape index (κ3) is 8.68. The summed E-state index contributed by atoms with van der Waals surface area (Å²) in [6, 6.07) is 21.8. The number of amides is 1.